The summed E-state index contributed by atoms with van der Waals surface area (Å²) in [6, 6.07) is 1.46. The third-order valence-electron chi connectivity index (χ3n) is 4.08. The molecule has 2 unspecified atom stereocenters. The second-order valence-electron chi connectivity index (χ2n) is 5.34. The van der Waals surface area contributed by atoms with Gasteiger partial charge in [-0.15, -0.1) is 10.2 Å². The first-order valence-electron chi connectivity index (χ1n) is 6.58. The van der Waals surface area contributed by atoms with Gasteiger partial charge in [0.15, 0.2) is 0 Å². The molecule has 5 nitrogen and oxygen atoms in total. The number of hydrogen-bond acceptors (Lipinski definition) is 4. The third-order valence-corrected chi connectivity index (χ3v) is 4.08. The average molecular weight is 236 g/mol. The van der Waals surface area contributed by atoms with Gasteiger partial charge in [0.25, 0.3) is 0 Å². The van der Waals surface area contributed by atoms with Gasteiger partial charge in [0.1, 0.15) is 12.2 Å². The molecular weight excluding hydrogens is 216 g/mol. The summed E-state index contributed by atoms with van der Waals surface area (Å²) in [5.74, 6) is 1.76. The van der Waals surface area contributed by atoms with Crippen molar-refractivity contribution in [1.29, 1.82) is 0 Å². The molecule has 0 amide bonds. The molecule has 94 valence electrons. The number of aromatic nitrogens is 3. The van der Waals surface area contributed by atoms with Crippen LogP contribution in [-0.2, 0) is 13.0 Å². The van der Waals surface area contributed by atoms with E-state index in [1.807, 2.05) is 4.57 Å². The fourth-order valence-electron chi connectivity index (χ4n) is 3.33. The molecule has 0 aliphatic carbocycles. The van der Waals surface area contributed by atoms with E-state index in [0.717, 1.165) is 30.2 Å². The summed E-state index contributed by atoms with van der Waals surface area (Å²) in [6.45, 7) is 0.767. The largest absolute Gasteiger partial charge is 0.395 e. The lowest BCUT2D eigenvalue weighted by atomic mass is 9.89. The maximum absolute atomic E-state index is 8.98. The Morgan fingerprint density at radius 2 is 2.12 bits per heavy atom. The Hall–Kier alpha value is -0.940. The molecule has 5 heteroatoms. The summed E-state index contributed by atoms with van der Waals surface area (Å²) in [5.41, 5.74) is 0. The van der Waals surface area contributed by atoms with E-state index >= 15 is 0 Å². The van der Waals surface area contributed by atoms with Gasteiger partial charge in [0.05, 0.1) is 6.61 Å². The van der Waals surface area contributed by atoms with E-state index in [-0.39, 0.29) is 6.61 Å². The predicted octanol–water partition coefficient (Wildman–Crippen LogP) is 0.343. The zero-order valence-corrected chi connectivity index (χ0v) is 10.0. The molecule has 0 aromatic carbocycles. The second-order valence-corrected chi connectivity index (χ2v) is 5.34. The molecule has 0 spiro atoms. The van der Waals surface area contributed by atoms with Crippen LogP contribution in [0.2, 0.25) is 0 Å². The first-order chi connectivity index (χ1) is 8.35. The number of rotatable bonds is 4. The number of nitrogens with zero attached hydrogens (tertiary/aromatic N) is 3. The molecule has 2 N–H and O–H groups in total. The Balaban J connectivity index is 1.64. The van der Waals surface area contributed by atoms with Crippen LogP contribution in [0.15, 0.2) is 6.33 Å². The molecule has 1 aromatic rings. The van der Waals surface area contributed by atoms with Crippen molar-refractivity contribution >= 4 is 0 Å². The Morgan fingerprint density at radius 3 is 2.82 bits per heavy atom. The maximum atomic E-state index is 8.98. The topological polar surface area (TPSA) is 63.0 Å². The lowest BCUT2D eigenvalue weighted by molar-refractivity contribution is 0.267. The van der Waals surface area contributed by atoms with Gasteiger partial charge >= 0.3 is 0 Å². The monoisotopic (exact) mass is 236 g/mol. The van der Waals surface area contributed by atoms with Gasteiger partial charge in [-0.1, -0.05) is 0 Å². The van der Waals surface area contributed by atoms with Gasteiger partial charge in [0, 0.05) is 25.0 Å². The van der Waals surface area contributed by atoms with E-state index in [0.29, 0.717) is 6.54 Å². The van der Waals surface area contributed by atoms with Gasteiger partial charge in [-0.05, 0) is 31.6 Å². The number of aliphatic hydroxyl groups excluding tert-OH is 1. The lowest BCUT2D eigenvalue weighted by Gasteiger charge is -2.28. The summed E-state index contributed by atoms with van der Waals surface area (Å²) in [5, 5.41) is 20.8. The quantitative estimate of drug-likeness (QED) is 0.791. The molecule has 2 saturated heterocycles. The summed E-state index contributed by atoms with van der Waals surface area (Å²) in [6.07, 6.45) is 7.94. The minimum atomic E-state index is 0.155. The van der Waals surface area contributed by atoms with E-state index in [9.17, 15) is 0 Å². The first kappa shape index (κ1) is 11.2. The molecule has 2 aliphatic heterocycles. The van der Waals surface area contributed by atoms with Crippen LogP contribution in [0.1, 0.15) is 31.5 Å². The minimum absolute atomic E-state index is 0.155. The second kappa shape index (κ2) is 4.74. The first-order valence-corrected chi connectivity index (χ1v) is 6.58. The smallest absolute Gasteiger partial charge is 0.133 e. The lowest BCUT2D eigenvalue weighted by Crippen LogP contribution is -2.38. The van der Waals surface area contributed by atoms with Crippen LogP contribution in [0, 0.1) is 5.92 Å². The summed E-state index contributed by atoms with van der Waals surface area (Å²) < 4.78 is 1.98. The maximum Gasteiger partial charge on any atom is 0.133 e. The molecule has 2 aliphatic rings. The number of piperidine rings is 1. The highest BCUT2D eigenvalue weighted by Gasteiger charge is 2.33. The molecule has 2 atom stereocenters. The highest BCUT2D eigenvalue weighted by molar-refractivity contribution is 4.96. The normalized spacial score (nSPS) is 31.9. The van der Waals surface area contributed by atoms with E-state index in [1.54, 1.807) is 6.33 Å². The molecule has 3 heterocycles. The summed E-state index contributed by atoms with van der Waals surface area (Å²) >= 11 is 0. The van der Waals surface area contributed by atoms with Crippen molar-refractivity contribution in [2.45, 2.75) is 50.7 Å². The standard InChI is InChI=1S/C12H20N4O/c17-4-3-16-8-13-15-12(16)7-9-5-10-1-2-11(6-9)14-10/h8-11,14,17H,1-7H2. The average Bonchev–Trinajstić information content (AvgIpc) is 2.87. The van der Waals surface area contributed by atoms with Crippen LogP contribution in [0.4, 0.5) is 0 Å². The number of nitrogens with one attached hydrogen (secondary N) is 1. The van der Waals surface area contributed by atoms with Crippen molar-refractivity contribution < 1.29 is 5.11 Å². The van der Waals surface area contributed by atoms with Gasteiger partial charge in [-0.25, -0.2) is 0 Å². The van der Waals surface area contributed by atoms with Crippen molar-refractivity contribution in [1.82, 2.24) is 20.1 Å². The van der Waals surface area contributed by atoms with Crippen molar-refractivity contribution in [3.63, 3.8) is 0 Å². The predicted molar refractivity (Wildman–Crippen MR) is 63.5 cm³/mol. The molecular formula is C12H20N4O. The Bertz CT molecular complexity index is 366. The number of fused-ring (bicyclic) bond motifs is 2. The van der Waals surface area contributed by atoms with Crippen molar-refractivity contribution in [3.05, 3.63) is 12.2 Å². The zero-order chi connectivity index (χ0) is 11.7. The fourth-order valence-corrected chi connectivity index (χ4v) is 3.33. The van der Waals surface area contributed by atoms with Gasteiger partial charge in [-0.3, -0.25) is 0 Å². The fraction of sp³-hybridized carbons (Fsp3) is 0.833. The van der Waals surface area contributed by atoms with Gasteiger partial charge in [0.2, 0.25) is 0 Å². The van der Waals surface area contributed by atoms with Crippen LogP contribution in [-0.4, -0.2) is 38.6 Å². The molecule has 2 bridgehead atoms. The minimum Gasteiger partial charge on any atom is -0.395 e. The van der Waals surface area contributed by atoms with Crippen molar-refractivity contribution in [3.8, 4) is 0 Å². The molecule has 3 rings (SSSR count). The van der Waals surface area contributed by atoms with E-state index in [4.69, 9.17) is 5.11 Å². The molecule has 0 saturated carbocycles. The third kappa shape index (κ3) is 2.35. The number of hydrogen-bond donors (Lipinski definition) is 2. The highest BCUT2D eigenvalue weighted by Crippen LogP contribution is 2.32. The Morgan fingerprint density at radius 1 is 1.35 bits per heavy atom. The molecule has 2 fully saturated rings. The molecule has 1 aromatic heterocycles. The highest BCUT2D eigenvalue weighted by atomic mass is 16.3. The van der Waals surface area contributed by atoms with Crippen LogP contribution in [0.25, 0.3) is 0 Å². The summed E-state index contributed by atoms with van der Waals surface area (Å²) in [4.78, 5) is 0. The van der Waals surface area contributed by atoms with E-state index < -0.39 is 0 Å². The summed E-state index contributed by atoms with van der Waals surface area (Å²) in [7, 11) is 0. The SMILES string of the molecule is OCCn1cnnc1CC1CC2CCC(C1)N2. The van der Waals surface area contributed by atoms with Gasteiger partial charge < -0.3 is 15.0 Å². The molecule has 17 heavy (non-hydrogen) atoms. The zero-order valence-electron chi connectivity index (χ0n) is 10.0. The Labute approximate surface area is 101 Å². The Kier molecular flexibility index (Phi) is 3.11. The molecule has 0 radical (unpaired) electrons. The van der Waals surface area contributed by atoms with Crippen molar-refractivity contribution in [2.24, 2.45) is 5.92 Å². The van der Waals surface area contributed by atoms with E-state index in [2.05, 4.69) is 15.5 Å². The number of aliphatic hydroxyl groups is 1. The van der Waals surface area contributed by atoms with Crippen LogP contribution >= 0.6 is 0 Å². The van der Waals surface area contributed by atoms with Crippen LogP contribution in [0.3, 0.4) is 0 Å². The van der Waals surface area contributed by atoms with E-state index in [1.165, 1.54) is 25.7 Å². The van der Waals surface area contributed by atoms with Gasteiger partial charge in [-0.2, -0.15) is 0 Å². The van der Waals surface area contributed by atoms with Crippen LogP contribution < -0.4 is 5.32 Å². The van der Waals surface area contributed by atoms with Crippen LogP contribution in [0.5, 0.6) is 0 Å². The van der Waals surface area contributed by atoms with Crippen molar-refractivity contribution in [2.75, 3.05) is 6.61 Å².